The highest BCUT2D eigenvalue weighted by Gasteiger charge is 2.32. The summed E-state index contributed by atoms with van der Waals surface area (Å²) in [6.45, 7) is 8.57. The second kappa shape index (κ2) is 8.50. The molecule has 0 radical (unpaired) electrons. The second-order valence-electron chi connectivity index (χ2n) is 7.36. The molecule has 1 N–H and O–H groups in total. The summed E-state index contributed by atoms with van der Waals surface area (Å²) in [4.78, 5) is 18.9. The van der Waals surface area contributed by atoms with Crippen LogP contribution < -0.4 is 4.74 Å². The van der Waals surface area contributed by atoms with Crippen LogP contribution in [0.1, 0.15) is 42.0 Å². The Morgan fingerprint density at radius 3 is 2.52 bits per heavy atom. The number of hydrogen-bond acceptors (Lipinski definition) is 6. The smallest absolute Gasteiger partial charge is 0.255 e. The van der Waals surface area contributed by atoms with Crippen LogP contribution in [0.15, 0.2) is 23.2 Å². The number of carbonyl (C=O) groups is 1. The maximum atomic E-state index is 13.1. The number of aryl methyl sites for hydroxylation is 2. The topological polar surface area (TPSA) is 108 Å². The molecule has 158 valence electrons. The lowest BCUT2D eigenvalue weighted by atomic mass is 10.2. The van der Waals surface area contributed by atoms with Crippen LogP contribution in [0.2, 0.25) is 0 Å². The minimum atomic E-state index is -3.66. The predicted octanol–water partition coefficient (Wildman–Crippen LogP) is 1.75. The average Bonchev–Trinajstić information content (AvgIpc) is 2.86. The van der Waals surface area contributed by atoms with Gasteiger partial charge in [-0.25, -0.2) is 13.4 Å². The van der Waals surface area contributed by atoms with E-state index in [0.717, 1.165) is 0 Å². The summed E-state index contributed by atoms with van der Waals surface area (Å²) < 4.78 is 33.0. The van der Waals surface area contributed by atoms with E-state index in [4.69, 9.17) is 4.74 Å². The van der Waals surface area contributed by atoms with Crippen LogP contribution in [0.5, 0.6) is 5.88 Å². The van der Waals surface area contributed by atoms with E-state index in [0.29, 0.717) is 48.9 Å². The van der Waals surface area contributed by atoms with Crippen molar-refractivity contribution >= 4 is 15.9 Å². The molecule has 3 rings (SSSR count). The van der Waals surface area contributed by atoms with Crippen molar-refractivity contribution in [2.45, 2.75) is 45.1 Å². The van der Waals surface area contributed by atoms with Gasteiger partial charge >= 0.3 is 0 Å². The first-order chi connectivity index (χ1) is 13.7. The van der Waals surface area contributed by atoms with E-state index < -0.39 is 10.0 Å². The molecule has 0 saturated carbocycles. The lowest BCUT2D eigenvalue weighted by Gasteiger charge is -2.22. The van der Waals surface area contributed by atoms with Gasteiger partial charge in [0.25, 0.3) is 5.91 Å². The predicted molar refractivity (Wildman–Crippen MR) is 107 cm³/mol. The molecule has 0 aliphatic carbocycles. The normalized spacial score (nSPS) is 16.1. The van der Waals surface area contributed by atoms with Crippen molar-refractivity contribution in [3.05, 3.63) is 35.3 Å². The number of H-pyrrole nitrogens is 1. The van der Waals surface area contributed by atoms with Gasteiger partial charge in [0.2, 0.25) is 15.9 Å². The van der Waals surface area contributed by atoms with Crippen LogP contribution >= 0.6 is 0 Å². The highest BCUT2D eigenvalue weighted by atomic mass is 32.2. The molecule has 2 aromatic rings. The third-order valence-corrected chi connectivity index (χ3v) is 6.90. The van der Waals surface area contributed by atoms with Gasteiger partial charge in [-0.05, 0) is 40.2 Å². The zero-order chi connectivity index (χ0) is 21.2. The first kappa shape index (κ1) is 21.3. The highest BCUT2D eigenvalue weighted by molar-refractivity contribution is 7.89. The average molecular weight is 422 g/mol. The zero-order valence-corrected chi connectivity index (χ0v) is 18.0. The third kappa shape index (κ3) is 4.59. The molecule has 1 saturated heterocycles. The molecule has 0 unspecified atom stereocenters. The fourth-order valence-corrected chi connectivity index (χ4v) is 5.19. The molecule has 0 aromatic carbocycles. The van der Waals surface area contributed by atoms with Gasteiger partial charge in [-0.1, -0.05) is 0 Å². The molecular formula is C19H27N5O4S. The quantitative estimate of drug-likeness (QED) is 0.788. The first-order valence-electron chi connectivity index (χ1n) is 9.64. The van der Waals surface area contributed by atoms with Crippen LogP contribution in [-0.2, 0) is 10.0 Å². The molecule has 1 aliphatic heterocycles. The van der Waals surface area contributed by atoms with Gasteiger partial charge in [0, 0.05) is 38.4 Å². The number of ether oxygens (including phenoxy) is 1. The number of hydrogen-bond donors (Lipinski definition) is 1. The van der Waals surface area contributed by atoms with Crippen molar-refractivity contribution in [3.63, 3.8) is 0 Å². The summed E-state index contributed by atoms with van der Waals surface area (Å²) in [6.07, 6.45) is 2.06. The molecule has 1 fully saturated rings. The van der Waals surface area contributed by atoms with Gasteiger partial charge in [-0.3, -0.25) is 9.89 Å². The van der Waals surface area contributed by atoms with E-state index in [-0.39, 0.29) is 23.5 Å². The Morgan fingerprint density at radius 1 is 1.17 bits per heavy atom. The van der Waals surface area contributed by atoms with E-state index in [1.165, 1.54) is 10.5 Å². The van der Waals surface area contributed by atoms with Gasteiger partial charge in [0.15, 0.2) is 0 Å². The van der Waals surface area contributed by atoms with Gasteiger partial charge in [-0.2, -0.15) is 9.40 Å². The molecular weight excluding hydrogens is 394 g/mol. The highest BCUT2D eigenvalue weighted by Crippen LogP contribution is 2.23. The van der Waals surface area contributed by atoms with Crippen molar-refractivity contribution < 1.29 is 17.9 Å². The van der Waals surface area contributed by atoms with Crippen molar-refractivity contribution in [3.8, 4) is 5.88 Å². The molecule has 9 nitrogen and oxygen atoms in total. The maximum Gasteiger partial charge on any atom is 0.255 e. The monoisotopic (exact) mass is 421 g/mol. The molecule has 1 aliphatic rings. The number of nitrogens with zero attached hydrogens (tertiary/aromatic N) is 4. The summed E-state index contributed by atoms with van der Waals surface area (Å²) in [5.41, 5.74) is 1.43. The van der Waals surface area contributed by atoms with Crippen LogP contribution in [0.4, 0.5) is 0 Å². The van der Waals surface area contributed by atoms with E-state index >= 15 is 0 Å². The van der Waals surface area contributed by atoms with Gasteiger partial charge in [0.1, 0.15) is 4.90 Å². The lowest BCUT2D eigenvalue weighted by Crippen LogP contribution is -2.37. The number of rotatable bonds is 5. The maximum absolute atomic E-state index is 13.1. The van der Waals surface area contributed by atoms with Crippen molar-refractivity contribution in [2.24, 2.45) is 0 Å². The van der Waals surface area contributed by atoms with Crippen LogP contribution in [0.3, 0.4) is 0 Å². The number of carbonyl (C=O) groups excluding carboxylic acids is 1. The van der Waals surface area contributed by atoms with Gasteiger partial charge < -0.3 is 9.64 Å². The summed E-state index contributed by atoms with van der Waals surface area (Å²) in [6, 6.07) is 3.36. The number of aromatic nitrogens is 3. The zero-order valence-electron chi connectivity index (χ0n) is 17.2. The van der Waals surface area contributed by atoms with Gasteiger partial charge in [-0.15, -0.1) is 0 Å². The summed E-state index contributed by atoms with van der Waals surface area (Å²) in [5.74, 6) is 0.305. The molecule has 0 bridgehead atoms. The Bertz CT molecular complexity index is 949. The first-order valence-corrected chi connectivity index (χ1v) is 11.1. The second-order valence-corrected chi connectivity index (χ2v) is 9.24. The Labute approximate surface area is 171 Å². The number of pyridine rings is 1. The fraction of sp³-hybridized carbons (Fsp3) is 0.526. The van der Waals surface area contributed by atoms with E-state index in [1.807, 2.05) is 13.8 Å². The van der Waals surface area contributed by atoms with Gasteiger partial charge in [0.05, 0.1) is 23.1 Å². The SMILES string of the molecule is Cc1n[nH]c(C)c1S(=O)(=O)N1CCCN(C(=O)c2ccc(OC(C)C)nc2)CC1. The number of sulfonamides is 1. The van der Waals surface area contributed by atoms with Crippen LogP contribution in [-0.4, -0.2) is 71.0 Å². The summed E-state index contributed by atoms with van der Waals surface area (Å²) in [5, 5.41) is 6.72. The minimum absolute atomic E-state index is 0.00471. The molecule has 0 atom stereocenters. The van der Waals surface area contributed by atoms with Crippen molar-refractivity contribution in [1.29, 1.82) is 0 Å². The van der Waals surface area contributed by atoms with Crippen LogP contribution in [0, 0.1) is 13.8 Å². The number of aromatic amines is 1. The molecule has 10 heteroatoms. The molecule has 3 heterocycles. The summed E-state index contributed by atoms with van der Waals surface area (Å²) in [7, 11) is -3.66. The molecule has 2 aromatic heterocycles. The van der Waals surface area contributed by atoms with Crippen molar-refractivity contribution in [1.82, 2.24) is 24.4 Å². The Hall–Kier alpha value is -2.46. The largest absolute Gasteiger partial charge is 0.475 e. The standard InChI is InChI=1S/C19H27N5O4S/c1-13(2)28-17-7-6-16(12-20-17)19(25)23-8-5-9-24(11-10-23)29(26,27)18-14(3)21-22-15(18)4/h6-7,12-13H,5,8-11H2,1-4H3,(H,21,22). The number of nitrogens with one attached hydrogen (secondary N) is 1. The van der Waals surface area contributed by atoms with Crippen LogP contribution in [0.25, 0.3) is 0 Å². The lowest BCUT2D eigenvalue weighted by molar-refractivity contribution is 0.0763. The third-order valence-electron chi connectivity index (χ3n) is 4.74. The number of amides is 1. The fourth-order valence-electron chi connectivity index (χ4n) is 3.39. The molecule has 0 spiro atoms. The Kier molecular flexibility index (Phi) is 6.23. The van der Waals surface area contributed by atoms with E-state index in [1.54, 1.807) is 30.9 Å². The molecule has 1 amide bonds. The van der Waals surface area contributed by atoms with E-state index in [2.05, 4.69) is 15.2 Å². The Balaban J connectivity index is 1.70. The Morgan fingerprint density at radius 2 is 1.93 bits per heavy atom. The summed E-state index contributed by atoms with van der Waals surface area (Å²) >= 11 is 0. The van der Waals surface area contributed by atoms with Crippen molar-refractivity contribution in [2.75, 3.05) is 26.2 Å². The van der Waals surface area contributed by atoms with E-state index in [9.17, 15) is 13.2 Å². The minimum Gasteiger partial charge on any atom is -0.475 e. The molecule has 29 heavy (non-hydrogen) atoms.